The van der Waals surface area contributed by atoms with Gasteiger partial charge < -0.3 is 14.2 Å². The molecular formula is C26H28N8O3. The second-order valence-corrected chi connectivity index (χ2v) is 8.57. The molecule has 190 valence electrons. The molecule has 0 fully saturated rings. The summed E-state index contributed by atoms with van der Waals surface area (Å²) in [4.78, 5) is 22.2. The first-order valence-electron chi connectivity index (χ1n) is 12.0. The molecule has 0 radical (unpaired) electrons. The van der Waals surface area contributed by atoms with Crippen molar-refractivity contribution >= 4 is 17.5 Å². The molecule has 11 heteroatoms. The van der Waals surface area contributed by atoms with Crippen LogP contribution >= 0.6 is 0 Å². The maximum Gasteiger partial charge on any atom is 0.263 e. The molecule has 1 atom stereocenters. The summed E-state index contributed by atoms with van der Waals surface area (Å²) in [5.41, 5.74) is 1.43. The lowest BCUT2D eigenvalue weighted by Gasteiger charge is -2.26. The fourth-order valence-electron chi connectivity index (χ4n) is 4.45. The monoisotopic (exact) mass is 500 g/mol. The van der Waals surface area contributed by atoms with Crippen LogP contribution in [0.15, 0.2) is 61.2 Å². The van der Waals surface area contributed by atoms with Crippen LogP contribution in [0.4, 0.5) is 5.95 Å². The van der Waals surface area contributed by atoms with Crippen LogP contribution in [-0.4, -0.2) is 52.1 Å². The summed E-state index contributed by atoms with van der Waals surface area (Å²) in [5.74, 6) is 0.109. The van der Waals surface area contributed by atoms with Gasteiger partial charge in [-0.15, -0.1) is 5.10 Å². The standard InChI is InChI=1S/C26H28N8O3/c1-5-19-23(26(36,17-10-8-7-9-11-17)21-12-13-32(3)30-21)28-22-14-20(37-4)18(15-34(19)22)24(35)29-25-27-16-33(6-2)31-25/h7-16,36H,5-6H2,1-4H3,(H,29,31,35). The molecule has 0 saturated carbocycles. The minimum Gasteiger partial charge on any atom is -0.496 e. The van der Waals surface area contributed by atoms with E-state index in [1.54, 1.807) is 47.3 Å². The number of hydrogen-bond donors (Lipinski definition) is 2. The molecule has 0 bridgehead atoms. The first-order valence-corrected chi connectivity index (χ1v) is 12.0. The fourth-order valence-corrected chi connectivity index (χ4v) is 4.45. The van der Waals surface area contributed by atoms with Gasteiger partial charge >= 0.3 is 0 Å². The van der Waals surface area contributed by atoms with Gasteiger partial charge in [0.25, 0.3) is 5.91 Å². The van der Waals surface area contributed by atoms with Gasteiger partial charge in [-0.3, -0.25) is 19.5 Å². The van der Waals surface area contributed by atoms with E-state index in [9.17, 15) is 9.90 Å². The number of benzene rings is 1. The van der Waals surface area contributed by atoms with Crippen LogP contribution < -0.4 is 10.1 Å². The fraction of sp³-hybridized carbons (Fsp3) is 0.269. The van der Waals surface area contributed by atoms with Gasteiger partial charge in [-0.05, 0) is 25.0 Å². The quantitative estimate of drug-likeness (QED) is 0.336. The van der Waals surface area contributed by atoms with Crippen LogP contribution in [0.5, 0.6) is 5.75 Å². The number of fused-ring (bicyclic) bond motifs is 1. The second-order valence-electron chi connectivity index (χ2n) is 8.57. The highest BCUT2D eigenvalue weighted by Crippen LogP contribution is 2.38. The number of rotatable bonds is 8. The number of ether oxygens (including phenoxy) is 1. The van der Waals surface area contributed by atoms with E-state index < -0.39 is 11.5 Å². The number of pyridine rings is 1. The van der Waals surface area contributed by atoms with Crippen molar-refractivity contribution < 1.29 is 14.6 Å². The Labute approximate surface area is 213 Å². The lowest BCUT2D eigenvalue weighted by molar-refractivity contribution is 0.102. The normalized spacial score (nSPS) is 13.0. The van der Waals surface area contributed by atoms with Gasteiger partial charge in [-0.25, -0.2) is 9.97 Å². The van der Waals surface area contributed by atoms with E-state index in [4.69, 9.17) is 9.72 Å². The number of aryl methyl sites for hydroxylation is 3. The van der Waals surface area contributed by atoms with Crippen molar-refractivity contribution in [2.45, 2.75) is 32.4 Å². The van der Waals surface area contributed by atoms with Crippen molar-refractivity contribution in [2.24, 2.45) is 7.05 Å². The number of carbonyl (C=O) groups excluding carboxylic acids is 1. The van der Waals surface area contributed by atoms with Gasteiger partial charge in [0.15, 0.2) is 5.60 Å². The topological polar surface area (TPSA) is 124 Å². The number of anilines is 1. The average Bonchev–Trinajstić information content (AvgIpc) is 3.66. The molecule has 1 unspecified atom stereocenters. The Hall–Kier alpha value is -4.51. The molecule has 5 aromatic rings. The molecular weight excluding hydrogens is 472 g/mol. The van der Waals surface area contributed by atoms with E-state index in [1.165, 1.54) is 7.11 Å². The van der Waals surface area contributed by atoms with E-state index >= 15 is 0 Å². The van der Waals surface area contributed by atoms with Crippen molar-refractivity contribution in [3.05, 3.63) is 89.4 Å². The number of nitrogens with zero attached hydrogens (tertiary/aromatic N) is 7. The van der Waals surface area contributed by atoms with Gasteiger partial charge in [0, 0.05) is 37.7 Å². The summed E-state index contributed by atoms with van der Waals surface area (Å²) < 4.78 is 10.6. The minimum absolute atomic E-state index is 0.199. The second kappa shape index (κ2) is 9.51. The van der Waals surface area contributed by atoms with Crippen LogP contribution in [-0.2, 0) is 25.6 Å². The Morgan fingerprint density at radius 2 is 1.95 bits per heavy atom. The van der Waals surface area contributed by atoms with Crippen LogP contribution in [0.3, 0.4) is 0 Å². The van der Waals surface area contributed by atoms with E-state index in [2.05, 4.69) is 20.5 Å². The van der Waals surface area contributed by atoms with E-state index in [-0.39, 0.29) is 11.5 Å². The van der Waals surface area contributed by atoms with Gasteiger partial charge in [-0.1, -0.05) is 37.3 Å². The van der Waals surface area contributed by atoms with Crippen molar-refractivity contribution in [1.29, 1.82) is 0 Å². The van der Waals surface area contributed by atoms with Crippen LogP contribution in [0, 0.1) is 0 Å². The first kappa shape index (κ1) is 24.2. The third-order valence-corrected chi connectivity index (χ3v) is 6.32. The van der Waals surface area contributed by atoms with Gasteiger partial charge in [0.2, 0.25) is 5.95 Å². The number of hydrogen-bond acceptors (Lipinski definition) is 7. The minimum atomic E-state index is -1.62. The Morgan fingerprint density at radius 3 is 2.57 bits per heavy atom. The molecule has 0 aliphatic rings. The Balaban J connectivity index is 1.67. The highest BCUT2D eigenvalue weighted by atomic mass is 16.5. The molecule has 0 spiro atoms. The smallest absolute Gasteiger partial charge is 0.263 e. The third kappa shape index (κ3) is 4.12. The van der Waals surface area contributed by atoms with Crippen molar-refractivity contribution in [3.8, 4) is 5.75 Å². The summed E-state index contributed by atoms with van der Waals surface area (Å²) in [7, 11) is 3.29. The zero-order chi connectivity index (χ0) is 26.2. The maximum absolute atomic E-state index is 13.2. The highest BCUT2D eigenvalue weighted by molar-refractivity contribution is 6.05. The van der Waals surface area contributed by atoms with Crippen LogP contribution in [0.1, 0.15) is 46.9 Å². The molecule has 0 aliphatic carbocycles. The summed E-state index contributed by atoms with van der Waals surface area (Å²) in [6, 6.07) is 12.8. The predicted molar refractivity (Wildman–Crippen MR) is 137 cm³/mol. The largest absolute Gasteiger partial charge is 0.496 e. The van der Waals surface area contributed by atoms with Crippen molar-refractivity contribution in [2.75, 3.05) is 12.4 Å². The molecule has 1 aromatic carbocycles. The number of nitrogens with one attached hydrogen (secondary N) is 1. The van der Waals surface area contributed by atoms with E-state index in [0.29, 0.717) is 41.3 Å². The van der Waals surface area contributed by atoms with E-state index in [0.717, 1.165) is 5.69 Å². The molecule has 0 saturated heterocycles. The SMILES string of the molecule is CCc1c(C(O)(c2ccccc2)c2ccn(C)n2)nc2cc(OC)c(C(=O)Nc3ncn(CC)n3)cn12. The first-order chi connectivity index (χ1) is 17.9. The summed E-state index contributed by atoms with van der Waals surface area (Å²) in [5, 5.41) is 23.8. The molecule has 5 rings (SSSR count). The number of methoxy groups -OCH3 is 1. The molecule has 2 N–H and O–H groups in total. The third-order valence-electron chi connectivity index (χ3n) is 6.32. The molecule has 0 aliphatic heterocycles. The molecule has 37 heavy (non-hydrogen) atoms. The summed E-state index contributed by atoms with van der Waals surface area (Å²) in [6.07, 6.45) is 5.53. The zero-order valence-corrected chi connectivity index (χ0v) is 21.1. The Bertz CT molecular complexity index is 1570. The summed E-state index contributed by atoms with van der Waals surface area (Å²) >= 11 is 0. The highest BCUT2D eigenvalue weighted by Gasteiger charge is 2.41. The molecule has 4 heterocycles. The molecule has 11 nitrogen and oxygen atoms in total. The lowest BCUT2D eigenvalue weighted by atomic mass is 9.86. The number of amides is 1. The molecule has 1 amide bonds. The van der Waals surface area contributed by atoms with Crippen LogP contribution in [0.25, 0.3) is 5.65 Å². The van der Waals surface area contributed by atoms with Gasteiger partial charge in [0.05, 0.1) is 12.7 Å². The summed E-state index contributed by atoms with van der Waals surface area (Å²) in [6.45, 7) is 4.54. The number of aliphatic hydroxyl groups is 1. The van der Waals surface area contributed by atoms with Gasteiger partial charge in [-0.2, -0.15) is 5.10 Å². The maximum atomic E-state index is 13.2. The number of imidazole rings is 1. The average molecular weight is 501 g/mol. The molecule has 4 aromatic heterocycles. The van der Waals surface area contributed by atoms with E-state index in [1.807, 2.05) is 48.6 Å². The Morgan fingerprint density at radius 1 is 1.16 bits per heavy atom. The van der Waals surface area contributed by atoms with Crippen molar-refractivity contribution in [1.82, 2.24) is 33.9 Å². The van der Waals surface area contributed by atoms with Crippen LogP contribution in [0.2, 0.25) is 0 Å². The lowest BCUT2D eigenvalue weighted by Crippen LogP contribution is -2.31. The van der Waals surface area contributed by atoms with Crippen molar-refractivity contribution in [3.63, 3.8) is 0 Å². The zero-order valence-electron chi connectivity index (χ0n) is 21.1. The number of carbonyl (C=O) groups is 1. The Kier molecular flexibility index (Phi) is 6.22. The predicted octanol–water partition coefficient (Wildman–Crippen LogP) is 2.79. The van der Waals surface area contributed by atoms with Gasteiger partial charge in [0.1, 0.15) is 29.1 Å². The number of aromatic nitrogens is 7.